The summed E-state index contributed by atoms with van der Waals surface area (Å²) < 4.78 is 17.3. The fourth-order valence-electron chi connectivity index (χ4n) is 1.15. The molecule has 0 fully saturated rings. The number of nitrogens with zero attached hydrogens (tertiary/aromatic N) is 2. The van der Waals surface area contributed by atoms with Gasteiger partial charge < -0.3 is 4.52 Å². The Morgan fingerprint density at radius 2 is 2.27 bits per heavy atom. The largest absolute Gasteiger partial charge is 0.356 e. The zero-order valence-electron chi connectivity index (χ0n) is 7.85. The summed E-state index contributed by atoms with van der Waals surface area (Å²) in [5.41, 5.74) is 1.26. The summed E-state index contributed by atoms with van der Waals surface area (Å²) in [5, 5.41) is 3.76. The van der Waals surface area contributed by atoms with Crippen molar-refractivity contribution in [1.29, 1.82) is 0 Å². The van der Waals surface area contributed by atoms with Gasteiger partial charge in [-0.05, 0) is 12.1 Å². The van der Waals surface area contributed by atoms with Crippen LogP contribution in [0.1, 0.15) is 5.76 Å². The highest BCUT2D eigenvalue weighted by Gasteiger charge is 2.05. The third-order valence-corrected chi connectivity index (χ3v) is 1.75. The van der Waals surface area contributed by atoms with E-state index < -0.39 is 5.83 Å². The molecule has 1 radical (unpaired) electrons. The predicted octanol–water partition coefficient (Wildman–Crippen LogP) is 2.88. The van der Waals surface area contributed by atoms with Crippen LogP contribution in [-0.4, -0.2) is 10.1 Å². The van der Waals surface area contributed by atoms with Gasteiger partial charge in [0.1, 0.15) is 11.5 Å². The minimum atomic E-state index is -0.571. The van der Waals surface area contributed by atoms with Crippen LogP contribution >= 0.6 is 0 Å². The van der Waals surface area contributed by atoms with Crippen molar-refractivity contribution < 1.29 is 8.91 Å². The molecule has 0 amide bonds. The Bertz CT molecular complexity index is 472. The van der Waals surface area contributed by atoms with Crippen molar-refractivity contribution in [1.82, 2.24) is 10.1 Å². The average molecular weight is 203 g/mol. The fourth-order valence-corrected chi connectivity index (χ4v) is 1.15. The van der Waals surface area contributed by atoms with Crippen molar-refractivity contribution in [2.75, 3.05) is 0 Å². The van der Waals surface area contributed by atoms with Gasteiger partial charge in [-0.25, -0.2) is 4.39 Å². The second-order valence-corrected chi connectivity index (χ2v) is 2.92. The first-order chi connectivity index (χ1) is 7.25. The lowest BCUT2D eigenvalue weighted by atomic mass is 10.2. The van der Waals surface area contributed by atoms with Crippen LogP contribution in [0.5, 0.6) is 0 Å². The van der Waals surface area contributed by atoms with Crippen LogP contribution in [0.15, 0.2) is 40.8 Å². The lowest BCUT2D eigenvalue weighted by Crippen LogP contribution is -1.79. The minimum Gasteiger partial charge on any atom is -0.356 e. The van der Waals surface area contributed by atoms with Crippen LogP contribution < -0.4 is 0 Å². The third-order valence-electron chi connectivity index (χ3n) is 1.75. The van der Waals surface area contributed by atoms with Gasteiger partial charge in [0, 0.05) is 25.3 Å². The Morgan fingerprint density at radius 1 is 1.40 bits per heavy atom. The molecule has 0 spiro atoms. The molecule has 0 atom stereocenters. The molecule has 2 aromatic rings. The predicted molar refractivity (Wildman–Crippen MR) is 54.2 cm³/mol. The van der Waals surface area contributed by atoms with E-state index in [1.807, 2.05) is 6.07 Å². The second kappa shape index (κ2) is 4.04. The zero-order chi connectivity index (χ0) is 10.7. The van der Waals surface area contributed by atoms with Crippen molar-refractivity contribution in [2.45, 2.75) is 0 Å². The molecular weight excluding hydrogens is 195 g/mol. The second-order valence-electron chi connectivity index (χ2n) is 2.92. The Hall–Kier alpha value is -1.97. The summed E-state index contributed by atoms with van der Waals surface area (Å²) in [6.45, 7) is 3.11. The number of halogens is 1. The highest BCUT2D eigenvalue weighted by molar-refractivity contribution is 5.58. The summed E-state index contributed by atoms with van der Waals surface area (Å²) in [6, 6.07) is 7.05. The summed E-state index contributed by atoms with van der Waals surface area (Å²) in [7, 11) is 0. The lowest BCUT2D eigenvalue weighted by Gasteiger charge is -1.90. The van der Waals surface area contributed by atoms with Gasteiger partial charge in [0.2, 0.25) is 0 Å². The number of rotatable bonds is 2. The molecule has 0 bridgehead atoms. The van der Waals surface area contributed by atoms with Crippen LogP contribution in [0.3, 0.4) is 0 Å². The van der Waals surface area contributed by atoms with Gasteiger partial charge in [0.25, 0.3) is 0 Å². The van der Waals surface area contributed by atoms with Crippen molar-refractivity contribution in [3.05, 3.63) is 49.0 Å². The van der Waals surface area contributed by atoms with Crippen LogP contribution in [0, 0.1) is 6.92 Å². The molecular formula is C11H8FN2O. The minimum absolute atomic E-state index is 0.322. The van der Waals surface area contributed by atoms with Crippen LogP contribution in [0.4, 0.5) is 4.39 Å². The maximum Gasteiger partial charge on any atom is 0.162 e. The molecule has 2 heterocycles. The van der Waals surface area contributed by atoms with Crippen molar-refractivity contribution in [3.63, 3.8) is 0 Å². The molecule has 0 aliphatic heterocycles. The molecule has 0 aliphatic carbocycles. The average Bonchev–Trinajstić information content (AvgIpc) is 2.67. The van der Waals surface area contributed by atoms with Gasteiger partial charge in [-0.3, -0.25) is 4.98 Å². The summed E-state index contributed by atoms with van der Waals surface area (Å²) in [4.78, 5) is 4.09. The van der Waals surface area contributed by atoms with E-state index in [0.717, 1.165) is 0 Å². The first kappa shape index (κ1) is 9.58. The van der Waals surface area contributed by atoms with Gasteiger partial charge in [-0.15, -0.1) is 0 Å². The highest BCUT2D eigenvalue weighted by atomic mass is 19.1. The topological polar surface area (TPSA) is 38.9 Å². The van der Waals surface area contributed by atoms with E-state index >= 15 is 0 Å². The number of allylic oxidation sites excluding steroid dienone is 1. The zero-order valence-corrected chi connectivity index (χ0v) is 7.85. The van der Waals surface area contributed by atoms with Crippen molar-refractivity contribution >= 4 is 6.08 Å². The van der Waals surface area contributed by atoms with Crippen LogP contribution in [-0.2, 0) is 0 Å². The molecule has 4 heteroatoms. The van der Waals surface area contributed by atoms with Crippen molar-refractivity contribution in [2.24, 2.45) is 0 Å². The Morgan fingerprint density at radius 3 is 2.93 bits per heavy atom. The van der Waals surface area contributed by atoms with Gasteiger partial charge in [0.05, 0.1) is 5.69 Å². The van der Waals surface area contributed by atoms with E-state index in [1.54, 1.807) is 24.4 Å². The molecule has 0 aliphatic rings. The SMILES string of the molecule is [CH2]/C(F)=C/c1cc(-c2ccccn2)no1. The van der Waals surface area contributed by atoms with E-state index in [2.05, 4.69) is 17.1 Å². The molecule has 0 aromatic carbocycles. The number of hydrogen-bond donors (Lipinski definition) is 0. The van der Waals surface area contributed by atoms with E-state index in [-0.39, 0.29) is 0 Å². The Balaban J connectivity index is 2.32. The quantitative estimate of drug-likeness (QED) is 0.753. The van der Waals surface area contributed by atoms with Crippen LogP contribution in [0.2, 0.25) is 0 Å². The maximum absolute atomic E-state index is 12.4. The summed E-state index contributed by atoms with van der Waals surface area (Å²) >= 11 is 0. The number of pyridine rings is 1. The molecule has 0 saturated heterocycles. The smallest absolute Gasteiger partial charge is 0.162 e. The molecule has 0 N–H and O–H groups in total. The Kier molecular flexibility index (Phi) is 2.58. The molecule has 0 unspecified atom stereocenters. The van der Waals surface area contributed by atoms with Gasteiger partial charge >= 0.3 is 0 Å². The normalized spacial score (nSPS) is 11.7. The van der Waals surface area contributed by atoms with Gasteiger partial charge in [-0.1, -0.05) is 11.2 Å². The van der Waals surface area contributed by atoms with Crippen molar-refractivity contribution in [3.8, 4) is 11.4 Å². The molecule has 2 aromatic heterocycles. The van der Waals surface area contributed by atoms with E-state index in [1.165, 1.54) is 6.08 Å². The first-order valence-electron chi connectivity index (χ1n) is 4.33. The number of aromatic nitrogens is 2. The van der Waals surface area contributed by atoms with E-state index in [0.29, 0.717) is 17.1 Å². The molecule has 0 saturated carbocycles. The molecule has 75 valence electrons. The molecule has 2 rings (SSSR count). The van der Waals surface area contributed by atoms with Gasteiger partial charge in [-0.2, -0.15) is 0 Å². The lowest BCUT2D eigenvalue weighted by molar-refractivity contribution is 0.414. The Labute approximate surface area is 86.2 Å². The van der Waals surface area contributed by atoms with E-state index in [9.17, 15) is 4.39 Å². The first-order valence-corrected chi connectivity index (χ1v) is 4.33. The molecule has 3 nitrogen and oxygen atoms in total. The fraction of sp³-hybridized carbons (Fsp3) is 0. The summed E-state index contributed by atoms with van der Waals surface area (Å²) in [6.07, 6.45) is 2.82. The summed E-state index contributed by atoms with van der Waals surface area (Å²) in [5.74, 6) is -0.248. The van der Waals surface area contributed by atoms with Crippen LogP contribution in [0.25, 0.3) is 17.5 Å². The monoisotopic (exact) mass is 203 g/mol. The third kappa shape index (κ3) is 2.28. The maximum atomic E-state index is 12.4. The molecule has 15 heavy (non-hydrogen) atoms. The standard InChI is InChI=1S/C11H8FN2O/c1-8(12)6-9-7-11(14-15-9)10-4-2-3-5-13-10/h2-7H,1H2/b8-6-. The highest BCUT2D eigenvalue weighted by Crippen LogP contribution is 2.17. The number of hydrogen-bond acceptors (Lipinski definition) is 3. The van der Waals surface area contributed by atoms with Gasteiger partial charge in [0.15, 0.2) is 5.76 Å². The van der Waals surface area contributed by atoms with E-state index in [4.69, 9.17) is 4.52 Å².